The van der Waals surface area contributed by atoms with Crippen molar-refractivity contribution in [1.82, 2.24) is 0 Å². The normalized spacial score (nSPS) is 12.4. The van der Waals surface area contributed by atoms with E-state index >= 15 is 0 Å². The van der Waals surface area contributed by atoms with Gasteiger partial charge in [0.2, 0.25) is 0 Å². The van der Waals surface area contributed by atoms with Crippen molar-refractivity contribution < 1.29 is 28.6 Å². The standard InChI is InChI=1S/C71H128O6/c1-4-7-10-13-16-19-22-25-28-29-30-31-32-33-34-35-36-37-38-39-40-41-44-46-49-52-55-58-61-64-70(73)76-67-68(77-71(74)65-62-59-56-53-50-47-43-27-24-21-18-15-12-9-6-3)66-75-69(72)63-60-57-54-51-48-45-42-26-23-20-17-14-11-8-5-2/h7,10,16,19,25,27-28,30-31,43,68H,4-6,8-9,11-15,17-18,20-24,26,29,32-42,44-67H2,1-3H3/b10-7-,19-16-,28-25-,31-30-,43-27-. The lowest BCUT2D eigenvalue weighted by molar-refractivity contribution is -0.167. The van der Waals surface area contributed by atoms with Crippen LogP contribution >= 0.6 is 0 Å². The summed E-state index contributed by atoms with van der Waals surface area (Å²) in [6.07, 6.45) is 83.8. The Morgan fingerprint density at radius 3 is 0.805 bits per heavy atom. The molecule has 0 fully saturated rings. The molecule has 1 unspecified atom stereocenters. The van der Waals surface area contributed by atoms with E-state index < -0.39 is 6.10 Å². The lowest BCUT2D eigenvalue weighted by Crippen LogP contribution is -2.30. The molecule has 0 aliphatic heterocycles. The van der Waals surface area contributed by atoms with Gasteiger partial charge in [-0.1, -0.05) is 313 Å². The summed E-state index contributed by atoms with van der Waals surface area (Å²) in [4.78, 5) is 38.3. The molecule has 0 aromatic carbocycles. The van der Waals surface area contributed by atoms with Gasteiger partial charge in [-0.2, -0.15) is 0 Å². The first-order chi connectivity index (χ1) is 38.0. The van der Waals surface area contributed by atoms with Gasteiger partial charge >= 0.3 is 17.9 Å². The lowest BCUT2D eigenvalue weighted by Gasteiger charge is -2.18. The summed E-state index contributed by atoms with van der Waals surface area (Å²) >= 11 is 0. The quantitative estimate of drug-likeness (QED) is 0.0261. The molecule has 0 saturated heterocycles. The zero-order valence-corrected chi connectivity index (χ0v) is 51.5. The average molecular weight is 1080 g/mol. The SMILES string of the molecule is CC/C=C\C/C=C\C/C=C\C/C=C\CCCCCCCCCCCCCCCCCCC(=O)OCC(COC(=O)CCCCCCCCCCCCCCCCC)OC(=O)CCCCCCC/C=C\CCCCCCCC. The zero-order valence-electron chi connectivity index (χ0n) is 51.5. The second-order valence-electron chi connectivity index (χ2n) is 22.7. The van der Waals surface area contributed by atoms with Gasteiger partial charge in [0.15, 0.2) is 6.10 Å². The van der Waals surface area contributed by atoms with Crippen LogP contribution in [0.15, 0.2) is 60.8 Å². The fourth-order valence-electron chi connectivity index (χ4n) is 9.96. The summed E-state index contributed by atoms with van der Waals surface area (Å²) < 4.78 is 17.0. The van der Waals surface area contributed by atoms with Gasteiger partial charge < -0.3 is 14.2 Å². The highest BCUT2D eigenvalue weighted by Crippen LogP contribution is 2.18. The highest BCUT2D eigenvalue weighted by atomic mass is 16.6. The number of ether oxygens (including phenoxy) is 3. The number of hydrogen-bond donors (Lipinski definition) is 0. The van der Waals surface area contributed by atoms with E-state index in [-0.39, 0.29) is 31.1 Å². The highest BCUT2D eigenvalue weighted by Gasteiger charge is 2.19. The summed E-state index contributed by atoms with van der Waals surface area (Å²) in [5.41, 5.74) is 0. The fourth-order valence-corrected chi connectivity index (χ4v) is 9.96. The van der Waals surface area contributed by atoms with Gasteiger partial charge in [0.1, 0.15) is 13.2 Å². The summed E-state index contributed by atoms with van der Waals surface area (Å²) in [6, 6.07) is 0. The van der Waals surface area contributed by atoms with Crippen molar-refractivity contribution >= 4 is 17.9 Å². The molecule has 77 heavy (non-hydrogen) atoms. The molecule has 0 aromatic rings. The summed E-state index contributed by atoms with van der Waals surface area (Å²) in [6.45, 7) is 6.57. The Balaban J connectivity index is 4.21. The van der Waals surface area contributed by atoms with E-state index in [2.05, 4.69) is 81.5 Å². The number of carbonyl (C=O) groups is 3. The van der Waals surface area contributed by atoms with Gasteiger partial charge in [-0.15, -0.1) is 0 Å². The van der Waals surface area contributed by atoms with E-state index in [1.54, 1.807) is 0 Å². The third kappa shape index (κ3) is 63.8. The van der Waals surface area contributed by atoms with Crippen LogP contribution in [-0.2, 0) is 28.6 Å². The first-order valence-electron chi connectivity index (χ1n) is 33.8. The Bertz CT molecular complexity index is 1380. The minimum Gasteiger partial charge on any atom is -0.462 e. The Hall–Kier alpha value is -2.89. The number of carbonyl (C=O) groups excluding carboxylic acids is 3. The Morgan fingerprint density at radius 2 is 0.506 bits per heavy atom. The van der Waals surface area contributed by atoms with Crippen LogP contribution in [0.4, 0.5) is 0 Å². The van der Waals surface area contributed by atoms with Gasteiger partial charge in [0.25, 0.3) is 0 Å². The van der Waals surface area contributed by atoms with Gasteiger partial charge in [0.05, 0.1) is 0 Å². The van der Waals surface area contributed by atoms with Crippen molar-refractivity contribution in [3.8, 4) is 0 Å². The van der Waals surface area contributed by atoms with Crippen LogP contribution in [0.25, 0.3) is 0 Å². The number of allylic oxidation sites excluding steroid dienone is 10. The van der Waals surface area contributed by atoms with Gasteiger partial charge in [-0.05, 0) is 83.5 Å². The molecule has 0 rings (SSSR count). The summed E-state index contributed by atoms with van der Waals surface area (Å²) in [7, 11) is 0. The molecular formula is C71H128O6. The van der Waals surface area contributed by atoms with E-state index in [4.69, 9.17) is 14.2 Å². The van der Waals surface area contributed by atoms with E-state index in [1.165, 1.54) is 225 Å². The smallest absolute Gasteiger partial charge is 0.306 e. The lowest BCUT2D eigenvalue weighted by atomic mass is 10.0. The maximum atomic E-state index is 12.9. The first-order valence-corrected chi connectivity index (χ1v) is 33.8. The maximum Gasteiger partial charge on any atom is 0.306 e. The van der Waals surface area contributed by atoms with Gasteiger partial charge in [0, 0.05) is 19.3 Å². The van der Waals surface area contributed by atoms with Crippen molar-refractivity contribution in [2.75, 3.05) is 13.2 Å². The number of esters is 3. The molecule has 0 heterocycles. The second kappa shape index (κ2) is 65.6. The maximum absolute atomic E-state index is 12.9. The van der Waals surface area contributed by atoms with Crippen LogP contribution < -0.4 is 0 Å². The fraction of sp³-hybridized carbons (Fsp3) is 0.817. The molecule has 0 spiro atoms. The van der Waals surface area contributed by atoms with E-state index in [0.29, 0.717) is 19.3 Å². The molecule has 0 aliphatic rings. The third-order valence-corrected chi connectivity index (χ3v) is 15.0. The van der Waals surface area contributed by atoms with E-state index in [0.717, 1.165) is 89.9 Å². The Morgan fingerprint density at radius 1 is 0.273 bits per heavy atom. The topological polar surface area (TPSA) is 78.9 Å². The summed E-state index contributed by atoms with van der Waals surface area (Å²) in [5.74, 6) is -0.858. The minimum atomic E-state index is -0.776. The monoisotopic (exact) mass is 1080 g/mol. The molecule has 0 amide bonds. The predicted molar refractivity (Wildman–Crippen MR) is 335 cm³/mol. The van der Waals surface area contributed by atoms with Crippen LogP contribution in [0.3, 0.4) is 0 Å². The van der Waals surface area contributed by atoms with Crippen LogP contribution in [0, 0.1) is 0 Å². The number of rotatable bonds is 62. The minimum absolute atomic E-state index is 0.0718. The molecule has 0 radical (unpaired) electrons. The zero-order chi connectivity index (χ0) is 55.7. The number of unbranched alkanes of at least 4 members (excludes halogenated alkanes) is 41. The molecule has 448 valence electrons. The molecule has 6 nitrogen and oxygen atoms in total. The van der Waals surface area contributed by atoms with Crippen molar-refractivity contribution in [2.24, 2.45) is 0 Å². The van der Waals surface area contributed by atoms with Crippen molar-refractivity contribution in [3.05, 3.63) is 60.8 Å². The predicted octanol–water partition coefficient (Wildman–Crippen LogP) is 23.1. The number of hydrogen-bond acceptors (Lipinski definition) is 6. The van der Waals surface area contributed by atoms with Crippen molar-refractivity contribution in [1.29, 1.82) is 0 Å². The van der Waals surface area contributed by atoms with Crippen LogP contribution in [0.5, 0.6) is 0 Å². The molecule has 6 heteroatoms. The highest BCUT2D eigenvalue weighted by molar-refractivity contribution is 5.71. The molecule has 0 bridgehead atoms. The largest absolute Gasteiger partial charge is 0.462 e. The van der Waals surface area contributed by atoms with E-state index in [1.807, 2.05) is 0 Å². The van der Waals surface area contributed by atoms with Crippen molar-refractivity contribution in [2.45, 2.75) is 361 Å². The summed E-state index contributed by atoms with van der Waals surface area (Å²) in [5, 5.41) is 0. The molecule has 1 atom stereocenters. The first kappa shape index (κ1) is 74.1. The third-order valence-electron chi connectivity index (χ3n) is 15.0. The van der Waals surface area contributed by atoms with Crippen LogP contribution in [-0.4, -0.2) is 37.2 Å². The Labute approximate surface area is 479 Å². The molecular weight excluding hydrogens is 949 g/mol. The average Bonchev–Trinajstić information content (AvgIpc) is 3.43. The van der Waals surface area contributed by atoms with Crippen LogP contribution in [0.1, 0.15) is 355 Å². The molecule has 0 saturated carbocycles. The Kier molecular flexibility index (Phi) is 63.2. The van der Waals surface area contributed by atoms with Crippen LogP contribution in [0.2, 0.25) is 0 Å². The van der Waals surface area contributed by atoms with Crippen molar-refractivity contribution in [3.63, 3.8) is 0 Å². The van der Waals surface area contributed by atoms with E-state index in [9.17, 15) is 14.4 Å². The molecule has 0 aliphatic carbocycles. The van der Waals surface area contributed by atoms with Gasteiger partial charge in [-0.25, -0.2) is 0 Å². The second-order valence-corrected chi connectivity index (χ2v) is 22.7. The molecule has 0 aromatic heterocycles. The van der Waals surface area contributed by atoms with Gasteiger partial charge in [-0.3, -0.25) is 14.4 Å². The molecule has 0 N–H and O–H groups in total.